The maximum absolute atomic E-state index is 9.94. The third-order valence-electron chi connectivity index (χ3n) is 3.66. The first-order valence-electron chi connectivity index (χ1n) is 7.58. The monoisotopic (exact) mass is 296 g/mol. The van der Waals surface area contributed by atoms with Crippen LogP contribution in [-0.4, -0.2) is 31.0 Å². The first-order chi connectivity index (χ1) is 10.8. The molecule has 0 radical (unpaired) electrons. The molecule has 22 heavy (non-hydrogen) atoms. The van der Waals surface area contributed by atoms with Crippen LogP contribution in [0.5, 0.6) is 5.75 Å². The molecule has 3 nitrogen and oxygen atoms in total. The quantitative estimate of drug-likeness (QED) is 0.704. The highest BCUT2D eigenvalue weighted by molar-refractivity contribution is 6.05. The van der Waals surface area contributed by atoms with Crippen LogP contribution in [0.4, 0.5) is 0 Å². The summed E-state index contributed by atoms with van der Waals surface area (Å²) in [6.07, 6.45) is -0.627. The standard InChI is InChI=1S/C19H20O3/c1-2-21-12-16(20)13-22-19-17-9-5-3-7-14(17)11-15-8-4-6-10-18(15)19/h3-11,16,20H,2,12-13H2,1H3. The molecule has 1 atom stereocenters. The molecule has 3 heteroatoms. The fraction of sp³-hybridized carbons (Fsp3) is 0.263. The summed E-state index contributed by atoms with van der Waals surface area (Å²) in [5.41, 5.74) is 0. The Bertz CT molecular complexity index is 713. The number of aliphatic hydroxyl groups is 1. The zero-order valence-corrected chi connectivity index (χ0v) is 12.7. The molecule has 0 heterocycles. The highest BCUT2D eigenvalue weighted by atomic mass is 16.5. The maximum atomic E-state index is 9.94. The predicted octanol–water partition coefficient (Wildman–Crippen LogP) is 3.77. The lowest BCUT2D eigenvalue weighted by molar-refractivity contribution is 0.0170. The zero-order chi connectivity index (χ0) is 15.4. The fourth-order valence-electron chi connectivity index (χ4n) is 2.61. The molecule has 3 rings (SSSR count). The Morgan fingerprint density at radius 1 is 0.909 bits per heavy atom. The van der Waals surface area contributed by atoms with E-state index in [4.69, 9.17) is 9.47 Å². The van der Waals surface area contributed by atoms with Crippen molar-refractivity contribution in [1.82, 2.24) is 0 Å². The van der Waals surface area contributed by atoms with E-state index < -0.39 is 6.10 Å². The summed E-state index contributed by atoms with van der Waals surface area (Å²) in [5.74, 6) is 0.823. The van der Waals surface area contributed by atoms with Crippen molar-refractivity contribution in [1.29, 1.82) is 0 Å². The molecule has 114 valence electrons. The topological polar surface area (TPSA) is 38.7 Å². The van der Waals surface area contributed by atoms with E-state index in [1.165, 1.54) is 0 Å². The molecule has 0 aliphatic rings. The van der Waals surface area contributed by atoms with Crippen molar-refractivity contribution < 1.29 is 14.6 Å². The van der Waals surface area contributed by atoms with Crippen molar-refractivity contribution in [2.75, 3.05) is 19.8 Å². The third-order valence-corrected chi connectivity index (χ3v) is 3.66. The van der Waals surface area contributed by atoms with Gasteiger partial charge in [-0.15, -0.1) is 0 Å². The Hall–Kier alpha value is -2.10. The van der Waals surface area contributed by atoms with Crippen LogP contribution in [0.2, 0.25) is 0 Å². The van der Waals surface area contributed by atoms with Crippen LogP contribution >= 0.6 is 0 Å². The van der Waals surface area contributed by atoms with Gasteiger partial charge < -0.3 is 14.6 Å². The Balaban J connectivity index is 1.97. The van der Waals surface area contributed by atoms with Gasteiger partial charge in [0.05, 0.1) is 6.61 Å². The highest BCUT2D eigenvalue weighted by Crippen LogP contribution is 2.34. The van der Waals surface area contributed by atoms with Crippen molar-refractivity contribution >= 4 is 21.5 Å². The van der Waals surface area contributed by atoms with Crippen molar-refractivity contribution in [2.24, 2.45) is 0 Å². The Labute approximate surface area is 130 Å². The lowest BCUT2D eigenvalue weighted by Gasteiger charge is -2.16. The number of hydrogen-bond donors (Lipinski definition) is 1. The molecule has 0 saturated heterocycles. The van der Waals surface area contributed by atoms with Gasteiger partial charge >= 0.3 is 0 Å². The molecule has 0 fully saturated rings. The second kappa shape index (κ2) is 6.77. The minimum atomic E-state index is -0.627. The number of hydrogen-bond acceptors (Lipinski definition) is 3. The van der Waals surface area contributed by atoms with Crippen molar-refractivity contribution in [3.05, 3.63) is 54.6 Å². The summed E-state index contributed by atoms with van der Waals surface area (Å²) in [7, 11) is 0. The van der Waals surface area contributed by atoms with Crippen LogP contribution in [0.3, 0.4) is 0 Å². The van der Waals surface area contributed by atoms with Crippen LogP contribution in [0.15, 0.2) is 54.6 Å². The number of benzene rings is 3. The molecule has 0 aliphatic heterocycles. The molecule has 1 N–H and O–H groups in total. The van der Waals surface area contributed by atoms with Crippen LogP contribution in [0, 0.1) is 0 Å². The van der Waals surface area contributed by atoms with Gasteiger partial charge in [0.2, 0.25) is 0 Å². The summed E-state index contributed by atoms with van der Waals surface area (Å²) < 4.78 is 11.2. The molecule has 0 aliphatic carbocycles. The molecule has 3 aromatic rings. The van der Waals surface area contributed by atoms with Gasteiger partial charge in [-0.05, 0) is 23.8 Å². The van der Waals surface area contributed by atoms with Gasteiger partial charge in [0.15, 0.2) is 0 Å². The molecule has 0 aromatic heterocycles. The molecular formula is C19H20O3. The summed E-state index contributed by atoms with van der Waals surface area (Å²) in [5, 5.41) is 14.3. The third kappa shape index (κ3) is 3.06. The molecule has 0 saturated carbocycles. The van der Waals surface area contributed by atoms with E-state index in [2.05, 4.69) is 18.2 Å². The summed E-state index contributed by atoms with van der Waals surface area (Å²) in [6, 6.07) is 18.4. The highest BCUT2D eigenvalue weighted by Gasteiger charge is 2.11. The zero-order valence-electron chi connectivity index (χ0n) is 12.7. The van der Waals surface area contributed by atoms with Crippen LogP contribution in [0.1, 0.15) is 6.92 Å². The average molecular weight is 296 g/mol. The second-order valence-corrected chi connectivity index (χ2v) is 5.27. The molecule has 0 spiro atoms. The minimum Gasteiger partial charge on any atom is -0.489 e. The Kier molecular flexibility index (Phi) is 4.56. The van der Waals surface area contributed by atoms with Crippen LogP contribution in [-0.2, 0) is 4.74 Å². The molecule has 0 bridgehead atoms. The van der Waals surface area contributed by atoms with Gasteiger partial charge in [-0.3, -0.25) is 0 Å². The second-order valence-electron chi connectivity index (χ2n) is 5.27. The number of fused-ring (bicyclic) bond motifs is 2. The van der Waals surface area contributed by atoms with Gasteiger partial charge in [0, 0.05) is 17.4 Å². The first-order valence-corrected chi connectivity index (χ1v) is 7.58. The van der Waals surface area contributed by atoms with Crippen molar-refractivity contribution in [3.8, 4) is 5.75 Å². The molecular weight excluding hydrogens is 276 g/mol. The first kappa shape index (κ1) is 14.8. The van der Waals surface area contributed by atoms with Crippen molar-refractivity contribution in [2.45, 2.75) is 13.0 Å². The number of rotatable bonds is 6. The normalized spacial score (nSPS) is 12.6. The van der Waals surface area contributed by atoms with E-state index in [9.17, 15) is 5.11 Å². The Morgan fingerprint density at radius 2 is 1.50 bits per heavy atom. The van der Waals surface area contributed by atoms with Crippen molar-refractivity contribution in [3.63, 3.8) is 0 Å². The van der Waals surface area contributed by atoms with Crippen LogP contribution < -0.4 is 4.74 Å². The lowest BCUT2D eigenvalue weighted by Crippen LogP contribution is -2.23. The predicted molar refractivity (Wildman–Crippen MR) is 89.4 cm³/mol. The van der Waals surface area contributed by atoms with Gasteiger partial charge in [-0.2, -0.15) is 0 Å². The van der Waals surface area contributed by atoms with E-state index in [-0.39, 0.29) is 6.61 Å². The summed E-state index contributed by atoms with van der Waals surface area (Å²) in [6.45, 7) is 3.01. The van der Waals surface area contributed by atoms with Gasteiger partial charge in [0.25, 0.3) is 0 Å². The summed E-state index contributed by atoms with van der Waals surface area (Å²) in [4.78, 5) is 0. The number of ether oxygens (including phenoxy) is 2. The number of aliphatic hydroxyl groups excluding tert-OH is 1. The van der Waals surface area contributed by atoms with E-state index in [1.807, 2.05) is 43.3 Å². The maximum Gasteiger partial charge on any atom is 0.135 e. The van der Waals surface area contributed by atoms with Gasteiger partial charge in [-0.1, -0.05) is 48.5 Å². The average Bonchev–Trinajstić information content (AvgIpc) is 2.56. The smallest absolute Gasteiger partial charge is 0.135 e. The molecule has 1 unspecified atom stereocenters. The van der Waals surface area contributed by atoms with Gasteiger partial charge in [-0.25, -0.2) is 0 Å². The largest absolute Gasteiger partial charge is 0.489 e. The van der Waals surface area contributed by atoms with Crippen LogP contribution in [0.25, 0.3) is 21.5 Å². The minimum absolute atomic E-state index is 0.220. The fourth-order valence-corrected chi connectivity index (χ4v) is 2.61. The molecule has 0 amide bonds. The van der Waals surface area contributed by atoms with E-state index >= 15 is 0 Å². The van der Waals surface area contributed by atoms with E-state index in [0.29, 0.717) is 13.2 Å². The Morgan fingerprint density at radius 3 is 2.09 bits per heavy atom. The van der Waals surface area contributed by atoms with Gasteiger partial charge in [0.1, 0.15) is 18.5 Å². The lowest BCUT2D eigenvalue weighted by atomic mass is 10.0. The summed E-state index contributed by atoms with van der Waals surface area (Å²) >= 11 is 0. The van der Waals surface area contributed by atoms with E-state index in [0.717, 1.165) is 27.3 Å². The SMILES string of the molecule is CCOCC(O)COc1c2ccccc2cc2ccccc12. The molecule has 3 aromatic carbocycles. The van der Waals surface area contributed by atoms with E-state index in [1.54, 1.807) is 0 Å².